The summed E-state index contributed by atoms with van der Waals surface area (Å²) in [7, 11) is 0. The largest absolute Gasteiger partial charge is 0.314 e. The number of nitrogens with one attached hydrogen (secondary N) is 1. The summed E-state index contributed by atoms with van der Waals surface area (Å²) in [4.78, 5) is 0. The van der Waals surface area contributed by atoms with Gasteiger partial charge in [-0.3, -0.25) is 4.68 Å². The summed E-state index contributed by atoms with van der Waals surface area (Å²) in [6, 6.07) is 0.806. The third kappa shape index (κ3) is 4.08. The third-order valence-corrected chi connectivity index (χ3v) is 5.06. The highest BCUT2D eigenvalue weighted by Crippen LogP contribution is 2.27. The van der Waals surface area contributed by atoms with Crippen molar-refractivity contribution in [2.24, 2.45) is 5.92 Å². The molecule has 0 amide bonds. The first-order valence-corrected chi connectivity index (χ1v) is 8.96. The Kier molecular flexibility index (Phi) is 6.09. The topological polar surface area (TPSA) is 29.9 Å². The second-order valence-electron chi connectivity index (χ2n) is 5.92. The van der Waals surface area contributed by atoms with Crippen molar-refractivity contribution in [2.75, 3.05) is 6.54 Å². The normalized spacial score (nSPS) is 16.6. The van der Waals surface area contributed by atoms with E-state index in [1.54, 1.807) is 0 Å². The predicted molar refractivity (Wildman–Crippen MR) is 88.1 cm³/mol. The van der Waals surface area contributed by atoms with Gasteiger partial charge in [0.25, 0.3) is 0 Å². The van der Waals surface area contributed by atoms with Crippen LogP contribution < -0.4 is 5.32 Å². The molecule has 0 bridgehead atoms. The van der Waals surface area contributed by atoms with Crippen LogP contribution in [0, 0.1) is 5.92 Å². The quantitative estimate of drug-likeness (QED) is 0.737. The molecular weight excluding hydrogens is 314 g/mol. The summed E-state index contributed by atoms with van der Waals surface area (Å²) < 4.78 is 3.43. The Morgan fingerprint density at radius 2 is 2.10 bits per heavy atom. The van der Waals surface area contributed by atoms with Crippen LogP contribution in [0.25, 0.3) is 0 Å². The lowest BCUT2D eigenvalue weighted by molar-refractivity contribution is 0.422. The maximum Gasteiger partial charge on any atom is 0.0766 e. The summed E-state index contributed by atoms with van der Waals surface area (Å²) in [5, 5.41) is 8.41. The van der Waals surface area contributed by atoms with E-state index in [2.05, 4.69) is 46.7 Å². The van der Waals surface area contributed by atoms with E-state index in [1.165, 1.54) is 41.5 Å². The molecule has 0 aromatic carbocycles. The second kappa shape index (κ2) is 7.60. The Labute approximate surface area is 131 Å². The molecule has 1 atom stereocenters. The fourth-order valence-corrected chi connectivity index (χ4v) is 3.52. The molecule has 1 saturated carbocycles. The molecule has 1 fully saturated rings. The van der Waals surface area contributed by atoms with Gasteiger partial charge in [-0.15, -0.1) is 0 Å². The van der Waals surface area contributed by atoms with E-state index in [0.29, 0.717) is 0 Å². The number of hydrogen-bond donors (Lipinski definition) is 1. The Bertz CT molecular complexity index is 424. The zero-order chi connectivity index (χ0) is 14.5. The first-order valence-electron chi connectivity index (χ1n) is 8.16. The van der Waals surface area contributed by atoms with E-state index in [0.717, 1.165) is 37.9 Å². The number of halogens is 1. The third-order valence-electron chi connectivity index (χ3n) is 4.15. The van der Waals surface area contributed by atoms with Gasteiger partial charge in [0.1, 0.15) is 0 Å². The van der Waals surface area contributed by atoms with Crippen LogP contribution in [-0.2, 0) is 19.4 Å². The fraction of sp³-hybridized carbons (Fsp3) is 0.812. The maximum absolute atomic E-state index is 4.72. The molecular formula is C16H28BrN3. The van der Waals surface area contributed by atoms with Crippen LogP contribution in [0.2, 0.25) is 0 Å². The van der Waals surface area contributed by atoms with Crippen LogP contribution in [0.3, 0.4) is 0 Å². The minimum Gasteiger partial charge on any atom is -0.314 e. The molecule has 3 nitrogen and oxygen atoms in total. The van der Waals surface area contributed by atoms with E-state index in [1.807, 2.05) is 0 Å². The minimum atomic E-state index is 0.726. The minimum absolute atomic E-state index is 0.726. The summed E-state index contributed by atoms with van der Waals surface area (Å²) >= 11 is 3.77. The van der Waals surface area contributed by atoms with Crippen LogP contribution in [0.15, 0.2) is 4.47 Å². The van der Waals surface area contributed by atoms with Gasteiger partial charge in [0.2, 0.25) is 0 Å². The number of hydrogen-bond acceptors (Lipinski definition) is 2. The van der Waals surface area contributed by atoms with Crippen LogP contribution >= 0.6 is 15.9 Å². The molecule has 1 heterocycles. The standard InChI is InChI=1S/C16H28BrN3/c1-4-7-12(11-18-13-8-9-13)10-15-16(17)14(5-2)19-20(15)6-3/h12-13,18H,4-11H2,1-3H3. The van der Waals surface area contributed by atoms with Crippen molar-refractivity contribution in [1.82, 2.24) is 15.1 Å². The molecule has 1 aliphatic rings. The monoisotopic (exact) mass is 341 g/mol. The van der Waals surface area contributed by atoms with Crippen LogP contribution in [0.4, 0.5) is 0 Å². The predicted octanol–water partition coefficient (Wildman–Crippen LogP) is 3.94. The highest BCUT2D eigenvalue weighted by molar-refractivity contribution is 9.10. The first-order chi connectivity index (χ1) is 9.69. The summed E-state index contributed by atoms with van der Waals surface area (Å²) in [5.74, 6) is 0.726. The number of nitrogens with zero attached hydrogens (tertiary/aromatic N) is 2. The Morgan fingerprint density at radius 1 is 1.35 bits per heavy atom. The van der Waals surface area contributed by atoms with Crippen molar-refractivity contribution in [2.45, 2.75) is 71.9 Å². The SMILES string of the molecule is CCCC(CNC1CC1)Cc1c(Br)c(CC)nn1CC. The lowest BCUT2D eigenvalue weighted by atomic mass is 9.97. The maximum atomic E-state index is 4.72. The summed E-state index contributed by atoms with van der Waals surface area (Å²) in [6.45, 7) is 8.76. The first kappa shape index (κ1) is 16.0. The van der Waals surface area contributed by atoms with Crippen molar-refractivity contribution in [3.63, 3.8) is 0 Å². The molecule has 1 unspecified atom stereocenters. The molecule has 1 aliphatic carbocycles. The van der Waals surface area contributed by atoms with Gasteiger partial charge in [-0.25, -0.2) is 0 Å². The van der Waals surface area contributed by atoms with Gasteiger partial charge < -0.3 is 5.32 Å². The Hall–Kier alpha value is -0.350. The van der Waals surface area contributed by atoms with Gasteiger partial charge >= 0.3 is 0 Å². The average Bonchev–Trinajstić information content (AvgIpc) is 3.23. The van der Waals surface area contributed by atoms with Gasteiger partial charge in [-0.1, -0.05) is 20.3 Å². The van der Waals surface area contributed by atoms with E-state index < -0.39 is 0 Å². The van der Waals surface area contributed by atoms with Crippen molar-refractivity contribution in [1.29, 1.82) is 0 Å². The number of aryl methyl sites for hydroxylation is 2. The average molecular weight is 342 g/mol. The van der Waals surface area contributed by atoms with Crippen molar-refractivity contribution >= 4 is 15.9 Å². The van der Waals surface area contributed by atoms with E-state index in [-0.39, 0.29) is 0 Å². The molecule has 114 valence electrons. The molecule has 0 spiro atoms. The Morgan fingerprint density at radius 3 is 2.65 bits per heavy atom. The molecule has 1 aromatic heterocycles. The molecule has 0 aliphatic heterocycles. The summed E-state index contributed by atoms with van der Waals surface area (Å²) in [6.07, 6.45) is 7.43. The smallest absolute Gasteiger partial charge is 0.0766 e. The van der Waals surface area contributed by atoms with Gasteiger partial charge in [-0.05, 0) is 67.4 Å². The van der Waals surface area contributed by atoms with Gasteiger partial charge in [0, 0.05) is 12.6 Å². The zero-order valence-electron chi connectivity index (χ0n) is 13.1. The van der Waals surface area contributed by atoms with Crippen molar-refractivity contribution < 1.29 is 0 Å². The molecule has 1 aromatic rings. The van der Waals surface area contributed by atoms with Crippen LogP contribution in [-0.4, -0.2) is 22.4 Å². The molecule has 2 rings (SSSR count). The fourth-order valence-electron chi connectivity index (χ4n) is 2.79. The van der Waals surface area contributed by atoms with E-state index >= 15 is 0 Å². The van der Waals surface area contributed by atoms with Gasteiger partial charge in [0.15, 0.2) is 0 Å². The van der Waals surface area contributed by atoms with E-state index in [4.69, 9.17) is 5.10 Å². The van der Waals surface area contributed by atoms with Crippen LogP contribution in [0.5, 0.6) is 0 Å². The van der Waals surface area contributed by atoms with Gasteiger partial charge in [0.05, 0.1) is 15.9 Å². The molecule has 0 radical (unpaired) electrons. The highest BCUT2D eigenvalue weighted by atomic mass is 79.9. The highest BCUT2D eigenvalue weighted by Gasteiger charge is 2.23. The molecule has 4 heteroatoms. The number of rotatable bonds is 9. The molecule has 20 heavy (non-hydrogen) atoms. The number of aromatic nitrogens is 2. The Balaban J connectivity index is 2.05. The molecule has 1 N–H and O–H groups in total. The van der Waals surface area contributed by atoms with Crippen molar-refractivity contribution in [3.8, 4) is 0 Å². The zero-order valence-corrected chi connectivity index (χ0v) is 14.7. The van der Waals surface area contributed by atoms with E-state index in [9.17, 15) is 0 Å². The lowest BCUT2D eigenvalue weighted by Crippen LogP contribution is -2.26. The van der Waals surface area contributed by atoms with Gasteiger partial charge in [-0.2, -0.15) is 5.10 Å². The lowest BCUT2D eigenvalue weighted by Gasteiger charge is -2.18. The summed E-state index contributed by atoms with van der Waals surface area (Å²) in [5.41, 5.74) is 2.59. The van der Waals surface area contributed by atoms with Crippen molar-refractivity contribution in [3.05, 3.63) is 15.9 Å². The van der Waals surface area contributed by atoms with Crippen LogP contribution in [0.1, 0.15) is 57.8 Å². The molecule has 0 saturated heterocycles. The second-order valence-corrected chi connectivity index (χ2v) is 6.71.